The maximum absolute atomic E-state index is 13.3. The Morgan fingerprint density at radius 1 is 0.912 bits per heavy atom. The van der Waals surface area contributed by atoms with Crippen molar-refractivity contribution in [1.29, 1.82) is 0 Å². The summed E-state index contributed by atoms with van der Waals surface area (Å²) < 4.78 is 0. The molecule has 2 aromatic heterocycles. The molecular formula is C40H37N9O7S. The topological polar surface area (TPSA) is 221 Å². The van der Waals surface area contributed by atoms with Gasteiger partial charge in [0.2, 0.25) is 17.7 Å². The van der Waals surface area contributed by atoms with Crippen LogP contribution in [0.5, 0.6) is 0 Å². The maximum atomic E-state index is 13.3. The molecule has 3 aromatic carbocycles. The lowest BCUT2D eigenvalue weighted by molar-refractivity contribution is -0.136. The van der Waals surface area contributed by atoms with E-state index in [9.17, 15) is 33.6 Å². The zero-order chi connectivity index (χ0) is 40.1. The van der Waals surface area contributed by atoms with Gasteiger partial charge in [0.15, 0.2) is 0 Å². The van der Waals surface area contributed by atoms with Crippen molar-refractivity contribution >= 4 is 80.7 Å². The normalized spacial score (nSPS) is 14.9. The third kappa shape index (κ3) is 8.18. The Morgan fingerprint density at radius 3 is 2.47 bits per heavy atom. The molecule has 1 fully saturated rings. The van der Waals surface area contributed by atoms with Crippen LogP contribution in [0.1, 0.15) is 67.2 Å². The first-order valence-corrected chi connectivity index (χ1v) is 19.1. The zero-order valence-electron chi connectivity index (χ0n) is 30.6. The summed E-state index contributed by atoms with van der Waals surface area (Å²) in [7, 11) is 1.56. The molecule has 4 heterocycles. The van der Waals surface area contributed by atoms with E-state index in [2.05, 4.69) is 41.9 Å². The molecule has 5 aromatic rings. The third-order valence-corrected chi connectivity index (χ3v) is 10.4. The van der Waals surface area contributed by atoms with Gasteiger partial charge in [-0.05, 0) is 61.7 Å². The van der Waals surface area contributed by atoms with E-state index in [0.717, 1.165) is 21.5 Å². The molecule has 2 aliphatic heterocycles. The summed E-state index contributed by atoms with van der Waals surface area (Å²) in [4.78, 5) is 98.5. The van der Waals surface area contributed by atoms with E-state index in [1.165, 1.54) is 23.6 Å². The number of para-hydroxylation sites is 1. The Labute approximate surface area is 329 Å². The van der Waals surface area contributed by atoms with Crippen molar-refractivity contribution in [1.82, 2.24) is 36.1 Å². The predicted octanol–water partition coefficient (Wildman–Crippen LogP) is 3.60. The lowest BCUT2D eigenvalue weighted by Gasteiger charge is -2.27. The summed E-state index contributed by atoms with van der Waals surface area (Å²) >= 11 is 1.32. The first-order chi connectivity index (χ1) is 27.6. The van der Waals surface area contributed by atoms with Crippen molar-refractivity contribution in [2.45, 2.75) is 31.7 Å². The van der Waals surface area contributed by atoms with Gasteiger partial charge in [-0.15, -0.1) is 11.3 Å². The van der Waals surface area contributed by atoms with Crippen LogP contribution in [-0.2, 0) is 14.4 Å². The number of pyridine rings is 1. The fourth-order valence-electron chi connectivity index (χ4n) is 6.61. The van der Waals surface area contributed by atoms with E-state index in [1.54, 1.807) is 24.6 Å². The second kappa shape index (κ2) is 16.8. The van der Waals surface area contributed by atoms with Crippen molar-refractivity contribution in [3.8, 4) is 10.6 Å². The Morgan fingerprint density at radius 2 is 1.70 bits per heavy atom. The number of thiazole rings is 1. The van der Waals surface area contributed by atoms with E-state index >= 15 is 0 Å². The Balaban J connectivity index is 0.886. The molecule has 2 aliphatic rings. The van der Waals surface area contributed by atoms with Crippen LogP contribution in [0.3, 0.4) is 0 Å². The number of aromatic nitrogens is 2. The molecule has 7 rings (SSSR count). The molecule has 0 saturated carbocycles. The molecule has 0 spiro atoms. The molecule has 1 saturated heterocycles. The minimum atomic E-state index is -1.09. The lowest BCUT2D eigenvalue weighted by atomic mass is 10.0. The highest BCUT2D eigenvalue weighted by atomic mass is 32.1. The molecule has 7 amide bonds. The molecule has 1 unspecified atom stereocenters. The largest absolute Gasteiger partial charge is 0.375 e. The van der Waals surface area contributed by atoms with Crippen LogP contribution in [0.4, 0.5) is 17.1 Å². The number of nitrogens with one attached hydrogen (secondary N) is 6. The number of amides is 7. The van der Waals surface area contributed by atoms with Gasteiger partial charge in [0.1, 0.15) is 16.7 Å². The summed E-state index contributed by atoms with van der Waals surface area (Å²) in [5.41, 5.74) is 3.95. The summed E-state index contributed by atoms with van der Waals surface area (Å²) in [6.45, 7) is 0.520. The Bertz CT molecular complexity index is 2430. The molecule has 17 heteroatoms. The zero-order valence-corrected chi connectivity index (χ0v) is 31.5. The van der Waals surface area contributed by atoms with Gasteiger partial charge in [-0.3, -0.25) is 48.8 Å². The van der Waals surface area contributed by atoms with E-state index < -0.39 is 29.7 Å². The van der Waals surface area contributed by atoms with Crippen LogP contribution in [0.25, 0.3) is 21.5 Å². The van der Waals surface area contributed by atoms with Gasteiger partial charge in [0.25, 0.3) is 23.6 Å². The minimum absolute atomic E-state index is 0.0132. The number of fused-ring (bicyclic) bond motifs is 2. The van der Waals surface area contributed by atoms with Crippen LogP contribution < -0.4 is 31.9 Å². The number of rotatable bonds is 14. The molecule has 0 bridgehead atoms. The molecule has 1 atom stereocenters. The van der Waals surface area contributed by atoms with Crippen molar-refractivity contribution in [2.75, 3.05) is 37.3 Å². The van der Waals surface area contributed by atoms with Gasteiger partial charge in [0.05, 0.1) is 34.4 Å². The Kier molecular flexibility index (Phi) is 11.3. The average molecular weight is 788 g/mol. The molecule has 290 valence electrons. The Hall–Kier alpha value is -7.01. The lowest BCUT2D eigenvalue weighted by Crippen LogP contribution is -2.54. The number of hydrogen-bond acceptors (Lipinski definition) is 12. The van der Waals surface area contributed by atoms with Gasteiger partial charge in [-0.1, -0.05) is 24.3 Å². The van der Waals surface area contributed by atoms with Gasteiger partial charge >= 0.3 is 0 Å². The molecule has 6 N–H and O–H groups in total. The van der Waals surface area contributed by atoms with Crippen LogP contribution >= 0.6 is 11.3 Å². The number of benzene rings is 3. The first kappa shape index (κ1) is 38.3. The van der Waals surface area contributed by atoms with E-state index in [0.29, 0.717) is 47.7 Å². The number of piperidine rings is 1. The minimum Gasteiger partial charge on any atom is -0.375 e. The number of carbonyl (C=O) groups excluding carboxylic acids is 7. The van der Waals surface area contributed by atoms with Crippen molar-refractivity contribution in [2.24, 2.45) is 0 Å². The van der Waals surface area contributed by atoms with E-state index in [-0.39, 0.29) is 59.6 Å². The molecule has 0 aliphatic carbocycles. The molecular weight excluding hydrogens is 751 g/mol. The standard InChI is InChI=1S/C40H37N9O7S/c1-41-35(52)26-19-44-27-13-12-22(18-25(27)34(26)46-23-8-3-2-4-9-23)38-47-29(21-57-38)36(53)43-17-6-5-16-42-32(51)20-45-28-11-7-10-24-33(28)40(56)49(39(24)55)30-14-15-31(50)48-37(30)54/h2-4,7-13,18-19,21,30,45H,5-6,14-17,20H2,1H3,(H,41,52)(H,42,51)(H,43,53)(H,44,46)(H,48,50,54). The fourth-order valence-corrected chi connectivity index (χ4v) is 7.41. The number of carbonyl (C=O) groups is 7. The van der Waals surface area contributed by atoms with Crippen LogP contribution in [0.15, 0.2) is 78.3 Å². The highest BCUT2D eigenvalue weighted by Crippen LogP contribution is 2.34. The number of unbranched alkanes of at least 4 members (excludes halogenated alkanes) is 1. The van der Waals surface area contributed by atoms with Crippen molar-refractivity contribution in [3.05, 3.63) is 101 Å². The first-order valence-electron chi connectivity index (χ1n) is 18.2. The summed E-state index contributed by atoms with van der Waals surface area (Å²) in [5, 5.41) is 19.8. The number of imide groups is 2. The summed E-state index contributed by atoms with van der Waals surface area (Å²) in [6, 6.07) is 18.7. The van der Waals surface area contributed by atoms with Gasteiger partial charge in [-0.2, -0.15) is 0 Å². The van der Waals surface area contributed by atoms with E-state index in [1.807, 2.05) is 48.5 Å². The predicted molar refractivity (Wildman–Crippen MR) is 212 cm³/mol. The number of nitrogens with zero attached hydrogens (tertiary/aromatic N) is 3. The van der Waals surface area contributed by atoms with Gasteiger partial charge < -0.3 is 26.6 Å². The number of anilines is 3. The number of hydrogen-bond donors (Lipinski definition) is 6. The highest BCUT2D eigenvalue weighted by Gasteiger charge is 2.45. The van der Waals surface area contributed by atoms with Crippen LogP contribution in [-0.4, -0.2) is 88.9 Å². The van der Waals surface area contributed by atoms with E-state index in [4.69, 9.17) is 0 Å². The second-order valence-electron chi connectivity index (χ2n) is 13.2. The summed E-state index contributed by atoms with van der Waals surface area (Å²) in [6.07, 6.45) is 2.75. The van der Waals surface area contributed by atoms with Crippen molar-refractivity contribution < 1.29 is 33.6 Å². The van der Waals surface area contributed by atoms with Gasteiger partial charge in [0, 0.05) is 60.5 Å². The quantitative estimate of drug-likeness (QED) is 0.0705. The highest BCUT2D eigenvalue weighted by molar-refractivity contribution is 7.13. The smallest absolute Gasteiger partial charge is 0.270 e. The third-order valence-electron chi connectivity index (χ3n) is 9.49. The monoisotopic (exact) mass is 787 g/mol. The molecule has 16 nitrogen and oxygen atoms in total. The second-order valence-corrected chi connectivity index (χ2v) is 14.1. The van der Waals surface area contributed by atoms with Crippen LogP contribution in [0, 0.1) is 0 Å². The average Bonchev–Trinajstić information content (AvgIpc) is 3.81. The molecule has 57 heavy (non-hydrogen) atoms. The van der Waals surface area contributed by atoms with Crippen LogP contribution in [0.2, 0.25) is 0 Å². The fraction of sp³-hybridized carbons (Fsp3) is 0.225. The van der Waals surface area contributed by atoms with Gasteiger partial charge in [-0.25, -0.2) is 4.98 Å². The maximum Gasteiger partial charge on any atom is 0.270 e. The molecule has 0 radical (unpaired) electrons. The SMILES string of the molecule is CNC(=O)c1cnc2ccc(-c3nc(C(=O)NCCCCNC(=O)CNc4cccc5c4C(=O)N(C4CCC(=O)NC4=O)C5=O)cs3)cc2c1Nc1ccccc1. The van der Waals surface area contributed by atoms with Crippen molar-refractivity contribution in [3.63, 3.8) is 0 Å². The summed E-state index contributed by atoms with van der Waals surface area (Å²) in [5.74, 6) is -3.42.